The summed E-state index contributed by atoms with van der Waals surface area (Å²) in [5.74, 6) is 1.06. The molecule has 0 radical (unpaired) electrons. The van der Waals surface area contributed by atoms with Gasteiger partial charge in [0.1, 0.15) is 0 Å². The van der Waals surface area contributed by atoms with Gasteiger partial charge in [-0.2, -0.15) is 5.10 Å². The zero-order valence-electron chi connectivity index (χ0n) is 13.9. The van der Waals surface area contributed by atoms with E-state index < -0.39 is 0 Å². The Bertz CT molecular complexity index is 787. The van der Waals surface area contributed by atoms with E-state index in [0.29, 0.717) is 0 Å². The summed E-state index contributed by atoms with van der Waals surface area (Å²) in [6.07, 6.45) is 0. The summed E-state index contributed by atoms with van der Waals surface area (Å²) < 4.78 is 0. The number of anilines is 1. The molecule has 0 saturated carbocycles. The first-order chi connectivity index (χ1) is 11.8. The number of rotatable bonds is 3. The van der Waals surface area contributed by atoms with Gasteiger partial charge in [0.15, 0.2) is 5.82 Å². The molecule has 2 aromatic carbocycles. The Labute approximate surface area is 142 Å². The molecule has 1 saturated heterocycles. The fourth-order valence-electron chi connectivity index (χ4n) is 3.27. The zero-order valence-corrected chi connectivity index (χ0v) is 13.9. The molecule has 1 fully saturated rings. The summed E-state index contributed by atoms with van der Waals surface area (Å²) in [5.41, 5.74) is 4.67. The van der Waals surface area contributed by atoms with Gasteiger partial charge in [-0.15, -0.1) is 0 Å². The van der Waals surface area contributed by atoms with Crippen LogP contribution < -0.4 is 4.90 Å². The molecule has 24 heavy (non-hydrogen) atoms. The molecule has 1 aromatic heterocycles. The van der Waals surface area contributed by atoms with Gasteiger partial charge in [-0.05, 0) is 12.6 Å². The lowest BCUT2D eigenvalue weighted by molar-refractivity contribution is 0.312. The van der Waals surface area contributed by atoms with Crippen LogP contribution in [0.1, 0.15) is 0 Å². The third-order valence-corrected chi connectivity index (χ3v) is 4.67. The smallest absolute Gasteiger partial charge is 0.159 e. The molecule has 0 spiro atoms. The molecule has 122 valence electrons. The fraction of sp³-hybridized carbons (Fsp3) is 0.250. The first-order valence-electron chi connectivity index (χ1n) is 8.45. The van der Waals surface area contributed by atoms with Crippen molar-refractivity contribution in [3.63, 3.8) is 0 Å². The highest BCUT2D eigenvalue weighted by atomic mass is 15.3. The van der Waals surface area contributed by atoms with E-state index in [9.17, 15) is 0 Å². The van der Waals surface area contributed by atoms with E-state index in [1.165, 1.54) is 16.7 Å². The average Bonchev–Trinajstić information content (AvgIpc) is 3.09. The van der Waals surface area contributed by atoms with Crippen LogP contribution in [0.2, 0.25) is 0 Å². The van der Waals surface area contributed by atoms with E-state index in [0.717, 1.165) is 37.7 Å². The molecule has 1 aliphatic heterocycles. The van der Waals surface area contributed by atoms with Crippen molar-refractivity contribution in [2.45, 2.75) is 0 Å². The van der Waals surface area contributed by atoms with Crippen LogP contribution in [0.25, 0.3) is 22.4 Å². The molecule has 1 N–H and O–H groups in total. The van der Waals surface area contributed by atoms with E-state index in [-0.39, 0.29) is 0 Å². The number of nitrogens with one attached hydrogen (secondary N) is 1. The Morgan fingerprint density at radius 3 is 2.00 bits per heavy atom. The summed E-state index contributed by atoms with van der Waals surface area (Å²) in [6, 6.07) is 21.0. The predicted octanol–water partition coefficient (Wildman–Crippen LogP) is 3.50. The van der Waals surface area contributed by atoms with Gasteiger partial charge in [0, 0.05) is 31.7 Å². The van der Waals surface area contributed by atoms with Gasteiger partial charge in [-0.1, -0.05) is 60.7 Å². The first-order valence-corrected chi connectivity index (χ1v) is 8.45. The Morgan fingerprint density at radius 1 is 0.792 bits per heavy atom. The van der Waals surface area contributed by atoms with Crippen LogP contribution in [0.5, 0.6) is 0 Å². The van der Waals surface area contributed by atoms with Crippen molar-refractivity contribution in [2.24, 2.45) is 0 Å². The minimum atomic E-state index is 1.01. The molecule has 0 bridgehead atoms. The minimum absolute atomic E-state index is 1.01. The van der Waals surface area contributed by atoms with Crippen LogP contribution in [0.3, 0.4) is 0 Å². The largest absolute Gasteiger partial charge is 0.352 e. The fourth-order valence-corrected chi connectivity index (χ4v) is 3.27. The SMILES string of the molecule is CN1CCN(c2n[nH]c(-c3ccccc3)c2-c2ccccc2)CC1. The van der Waals surface area contributed by atoms with Gasteiger partial charge in [0.05, 0.1) is 11.3 Å². The van der Waals surface area contributed by atoms with E-state index in [4.69, 9.17) is 5.10 Å². The molecule has 0 atom stereocenters. The molecular formula is C20H22N4. The van der Waals surface area contributed by atoms with Crippen LogP contribution in [0.4, 0.5) is 5.82 Å². The topological polar surface area (TPSA) is 35.2 Å². The molecule has 1 aliphatic rings. The van der Waals surface area contributed by atoms with Gasteiger partial charge in [0.25, 0.3) is 0 Å². The molecule has 4 nitrogen and oxygen atoms in total. The number of likely N-dealkylation sites (N-methyl/N-ethyl adjacent to an activating group) is 1. The van der Waals surface area contributed by atoms with Crippen molar-refractivity contribution in [3.05, 3.63) is 60.7 Å². The van der Waals surface area contributed by atoms with E-state index in [1.807, 2.05) is 6.07 Å². The highest BCUT2D eigenvalue weighted by Gasteiger charge is 2.23. The van der Waals surface area contributed by atoms with Crippen molar-refractivity contribution in [2.75, 3.05) is 38.1 Å². The maximum atomic E-state index is 4.70. The zero-order chi connectivity index (χ0) is 16.4. The lowest BCUT2D eigenvalue weighted by Gasteiger charge is -2.33. The molecule has 2 heterocycles. The van der Waals surface area contributed by atoms with Crippen LogP contribution >= 0.6 is 0 Å². The molecule has 0 aliphatic carbocycles. The number of benzene rings is 2. The van der Waals surface area contributed by atoms with Crippen molar-refractivity contribution < 1.29 is 0 Å². The summed E-state index contributed by atoms with van der Waals surface area (Å²) in [4.78, 5) is 4.76. The lowest BCUT2D eigenvalue weighted by atomic mass is 10.0. The van der Waals surface area contributed by atoms with Crippen LogP contribution in [0, 0.1) is 0 Å². The van der Waals surface area contributed by atoms with E-state index >= 15 is 0 Å². The van der Waals surface area contributed by atoms with E-state index in [2.05, 4.69) is 76.5 Å². The summed E-state index contributed by atoms with van der Waals surface area (Å²) in [5, 5.41) is 7.99. The lowest BCUT2D eigenvalue weighted by Crippen LogP contribution is -2.44. The Hall–Kier alpha value is -2.59. The second kappa shape index (κ2) is 6.49. The third-order valence-electron chi connectivity index (χ3n) is 4.67. The number of aromatic amines is 1. The standard InChI is InChI=1S/C20H22N4/c1-23-12-14-24(15-13-23)20-18(16-8-4-2-5-9-16)19(21-22-20)17-10-6-3-7-11-17/h2-11H,12-15H2,1H3,(H,21,22). The van der Waals surface area contributed by atoms with E-state index in [1.54, 1.807) is 0 Å². The maximum absolute atomic E-state index is 4.70. The van der Waals surface area contributed by atoms with Crippen molar-refractivity contribution in [3.8, 4) is 22.4 Å². The number of nitrogens with zero attached hydrogens (tertiary/aromatic N) is 3. The van der Waals surface area contributed by atoms with Gasteiger partial charge in [-0.25, -0.2) is 0 Å². The van der Waals surface area contributed by atoms with Crippen LogP contribution in [0.15, 0.2) is 60.7 Å². The summed E-state index contributed by atoms with van der Waals surface area (Å²) >= 11 is 0. The Morgan fingerprint density at radius 2 is 1.38 bits per heavy atom. The third kappa shape index (κ3) is 2.81. The molecule has 0 unspecified atom stereocenters. The van der Waals surface area contributed by atoms with Crippen molar-refractivity contribution in [1.82, 2.24) is 15.1 Å². The molecule has 3 aromatic rings. The van der Waals surface area contributed by atoms with Gasteiger partial charge in [0.2, 0.25) is 0 Å². The highest BCUT2D eigenvalue weighted by Crippen LogP contribution is 2.37. The van der Waals surface area contributed by atoms with Gasteiger partial charge in [-0.3, -0.25) is 5.10 Å². The number of aromatic nitrogens is 2. The Balaban J connectivity index is 1.81. The predicted molar refractivity (Wildman–Crippen MR) is 99.2 cm³/mol. The second-order valence-electron chi connectivity index (χ2n) is 6.32. The molecule has 4 rings (SSSR count). The van der Waals surface area contributed by atoms with Gasteiger partial charge >= 0.3 is 0 Å². The number of piperazine rings is 1. The number of H-pyrrole nitrogens is 1. The molecular weight excluding hydrogens is 296 g/mol. The normalized spacial score (nSPS) is 15.6. The van der Waals surface area contributed by atoms with Crippen molar-refractivity contribution in [1.29, 1.82) is 0 Å². The maximum Gasteiger partial charge on any atom is 0.159 e. The van der Waals surface area contributed by atoms with Crippen molar-refractivity contribution >= 4 is 5.82 Å². The summed E-state index contributed by atoms with van der Waals surface area (Å²) in [6.45, 7) is 4.16. The summed E-state index contributed by atoms with van der Waals surface area (Å²) in [7, 11) is 2.18. The quantitative estimate of drug-likeness (QED) is 0.803. The van der Waals surface area contributed by atoms with Crippen LogP contribution in [-0.2, 0) is 0 Å². The molecule has 0 amide bonds. The first kappa shape index (κ1) is 15.0. The second-order valence-corrected chi connectivity index (χ2v) is 6.32. The number of hydrogen-bond acceptors (Lipinski definition) is 3. The highest BCUT2D eigenvalue weighted by molar-refractivity contribution is 5.89. The Kier molecular flexibility index (Phi) is 4.05. The van der Waals surface area contributed by atoms with Crippen LogP contribution in [-0.4, -0.2) is 48.3 Å². The molecule has 4 heteroatoms. The monoisotopic (exact) mass is 318 g/mol. The average molecular weight is 318 g/mol. The minimum Gasteiger partial charge on any atom is -0.352 e. The number of hydrogen-bond donors (Lipinski definition) is 1. The van der Waals surface area contributed by atoms with Gasteiger partial charge < -0.3 is 9.80 Å².